The summed E-state index contributed by atoms with van der Waals surface area (Å²) in [4.78, 5) is 7.37. The van der Waals surface area contributed by atoms with Crippen LogP contribution in [0, 0.1) is 11.3 Å². The predicted octanol–water partition coefficient (Wildman–Crippen LogP) is 2.85. The minimum Gasteiger partial charge on any atom is -0.382 e. The molecule has 108 valence electrons. The summed E-state index contributed by atoms with van der Waals surface area (Å²) >= 11 is 5.54. The van der Waals surface area contributed by atoms with Crippen molar-refractivity contribution >= 4 is 23.4 Å². The van der Waals surface area contributed by atoms with E-state index in [1.165, 1.54) is 6.07 Å². The molecule has 5 nitrogen and oxygen atoms in total. The van der Waals surface area contributed by atoms with Crippen LogP contribution >= 0.6 is 11.6 Å². The fraction of sp³-hybridized carbons (Fsp3) is 0.0833. The zero-order valence-corrected chi connectivity index (χ0v) is 11.0. The van der Waals surface area contributed by atoms with E-state index in [9.17, 15) is 13.2 Å². The predicted molar refractivity (Wildman–Crippen MR) is 71.0 cm³/mol. The molecule has 0 aliphatic heterocycles. The molecule has 1 aromatic heterocycles. The minimum atomic E-state index is -4.63. The number of benzene rings is 1. The number of alkyl halides is 3. The molecular formula is C12H7ClF3N5. The lowest BCUT2D eigenvalue weighted by atomic mass is 10.0. The molecule has 0 amide bonds. The van der Waals surface area contributed by atoms with Crippen molar-refractivity contribution in [2.75, 3.05) is 11.5 Å². The molecule has 0 bridgehead atoms. The third-order valence-electron chi connectivity index (χ3n) is 2.61. The maximum Gasteiger partial charge on any atom is 0.417 e. The van der Waals surface area contributed by atoms with Crippen molar-refractivity contribution in [3.8, 4) is 17.3 Å². The van der Waals surface area contributed by atoms with E-state index >= 15 is 0 Å². The second-order valence-electron chi connectivity index (χ2n) is 3.99. The highest BCUT2D eigenvalue weighted by molar-refractivity contribution is 6.31. The van der Waals surface area contributed by atoms with Gasteiger partial charge in [-0.25, -0.2) is 4.98 Å². The maximum atomic E-state index is 12.9. The molecule has 0 saturated heterocycles. The average molecular weight is 314 g/mol. The number of nitrogens with two attached hydrogens (primary N) is 2. The monoisotopic (exact) mass is 313 g/mol. The van der Waals surface area contributed by atoms with E-state index in [0.717, 1.165) is 12.1 Å². The van der Waals surface area contributed by atoms with Gasteiger partial charge in [-0.1, -0.05) is 17.7 Å². The summed E-state index contributed by atoms with van der Waals surface area (Å²) in [7, 11) is 0. The van der Waals surface area contributed by atoms with Crippen molar-refractivity contribution in [3.05, 3.63) is 34.3 Å². The van der Waals surface area contributed by atoms with Crippen LogP contribution in [0.5, 0.6) is 0 Å². The molecule has 0 aliphatic rings. The van der Waals surface area contributed by atoms with Crippen LogP contribution in [0.25, 0.3) is 11.3 Å². The molecule has 21 heavy (non-hydrogen) atoms. The van der Waals surface area contributed by atoms with Crippen LogP contribution in [-0.4, -0.2) is 9.97 Å². The van der Waals surface area contributed by atoms with Gasteiger partial charge >= 0.3 is 6.18 Å². The van der Waals surface area contributed by atoms with Crippen molar-refractivity contribution in [1.82, 2.24) is 9.97 Å². The van der Waals surface area contributed by atoms with E-state index in [1.807, 2.05) is 0 Å². The van der Waals surface area contributed by atoms with Crippen LogP contribution in [0.4, 0.5) is 24.9 Å². The van der Waals surface area contributed by atoms with Gasteiger partial charge in [-0.2, -0.15) is 23.4 Å². The number of anilines is 2. The van der Waals surface area contributed by atoms with Crippen molar-refractivity contribution in [2.45, 2.75) is 6.18 Å². The Hall–Kier alpha value is -2.53. The summed E-state index contributed by atoms with van der Waals surface area (Å²) in [6, 6.07) is 4.88. The smallest absolute Gasteiger partial charge is 0.382 e. The second-order valence-corrected chi connectivity index (χ2v) is 4.40. The number of aromatic nitrogens is 2. The lowest BCUT2D eigenvalue weighted by Gasteiger charge is -2.12. The number of hydrogen-bond acceptors (Lipinski definition) is 5. The highest BCUT2D eigenvalue weighted by Gasteiger charge is 2.33. The third kappa shape index (κ3) is 2.83. The number of rotatable bonds is 1. The van der Waals surface area contributed by atoms with E-state index in [4.69, 9.17) is 28.3 Å². The zero-order valence-electron chi connectivity index (χ0n) is 10.2. The molecule has 0 fully saturated rings. The Labute approximate surface area is 122 Å². The Balaban J connectivity index is 2.72. The van der Waals surface area contributed by atoms with Gasteiger partial charge < -0.3 is 11.5 Å². The summed E-state index contributed by atoms with van der Waals surface area (Å²) in [6.07, 6.45) is -4.63. The van der Waals surface area contributed by atoms with Gasteiger partial charge in [0.1, 0.15) is 17.5 Å². The van der Waals surface area contributed by atoms with Crippen LogP contribution in [0.15, 0.2) is 18.2 Å². The zero-order chi connectivity index (χ0) is 15.8. The fourth-order valence-electron chi connectivity index (χ4n) is 1.70. The van der Waals surface area contributed by atoms with E-state index < -0.39 is 16.8 Å². The molecule has 2 rings (SSSR count). The van der Waals surface area contributed by atoms with Crippen molar-refractivity contribution in [1.29, 1.82) is 5.26 Å². The van der Waals surface area contributed by atoms with Gasteiger partial charge in [0.15, 0.2) is 0 Å². The minimum absolute atomic E-state index is 0.0177. The Morgan fingerprint density at radius 3 is 2.43 bits per heavy atom. The van der Waals surface area contributed by atoms with Gasteiger partial charge in [-0.15, -0.1) is 0 Å². The first-order chi connectivity index (χ1) is 9.74. The van der Waals surface area contributed by atoms with E-state index in [1.54, 1.807) is 6.07 Å². The van der Waals surface area contributed by atoms with Gasteiger partial charge in [-0.05, 0) is 12.1 Å². The lowest BCUT2D eigenvalue weighted by Crippen LogP contribution is -2.08. The van der Waals surface area contributed by atoms with Crippen LogP contribution in [-0.2, 0) is 6.18 Å². The maximum absolute atomic E-state index is 12.9. The van der Waals surface area contributed by atoms with Crippen LogP contribution in [0.2, 0.25) is 5.02 Å². The number of nitrogen functional groups attached to an aromatic ring is 2. The molecule has 0 saturated carbocycles. The average Bonchev–Trinajstić information content (AvgIpc) is 2.37. The number of nitrogens with zero attached hydrogens (tertiary/aromatic N) is 3. The van der Waals surface area contributed by atoms with E-state index in [0.29, 0.717) is 0 Å². The summed E-state index contributed by atoms with van der Waals surface area (Å²) < 4.78 is 38.6. The van der Waals surface area contributed by atoms with Crippen molar-refractivity contribution in [2.24, 2.45) is 0 Å². The Bertz CT molecular complexity index is 752. The molecule has 0 spiro atoms. The quantitative estimate of drug-likeness (QED) is 0.843. The van der Waals surface area contributed by atoms with Gasteiger partial charge in [0.25, 0.3) is 0 Å². The van der Waals surface area contributed by atoms with Crippen LogP contribution < -0.4 is 11.5 Å². The lowest BCUT2D eigenvalue weighted by molar-refractivity contribution is -0.137. The fourth-order valence-corrected chi connectivity index (χ4v) is 1.93. The summed E-state index contributed by atoms with van der Waals surface area (Å²) in [5, 5.41) is 8.58. The number of hydrogen-bond donors (Lipinski definition) is 2. The molecular weight excluding hydrogens is 307 g/mol. The molecule has 9 heteroatoms. The highest BCUT2D eigenvalue weighted by Crippen LogP contribution is 2.37. The Morgan fingerprint density at radius 1 is 1.19 bits per heavy atom. The Morgan fingerprint density at radius 2 is 1.86 bits per heavy atom. The molecule has 0 unspecified atom stereocenters. The summed E-state index contributed by atoms with van der Waals surface area (Å²) in [5.41, 5.74) is 9.68. The van der Waals surface area contributed by atoms with Gasteiger partial charge in [0, 0.05) is 5.56 Å². The molecule has 1 heterocycles. The van der Waals surface area contributed by atoms with Crippen LogP contribution in [0.1, 0.15) is 11.1 Å². The summed E-state index contributed by atoms with van der Waals surface area (Å²) in [6.45, 7) is 0. The topological polar surface area (TPSA) is 102 Å². The van der Waals surface area contributed by atoms with Crippen molar-refractivity contribution in [3.63, 3.8) is 0 Å². The van der Waals surface area contributed by atoms with Crippen molar-refractivity contribution < 1.29 is 13.2 Å². The third-order valence-corrected chi connectivity index (χ3v) is 2.94. The van der Waals surface area contributed by atoms with Gasteiger partial charge in [-0.3, -0.25) is 0 Å². The second kappa shape index (κ2) is 5.10. The normalized spacial score (nSPS) is 11.2. The molecule has 0 aliphatic carbocycles. The SMILES string of the molecule is N#Cc1c(N)nc(N)nc1-c1ccc(Cl)c(C(F)(F)F)c1. The molecule has 0 radical (unpaired) electrons. The molecule has 4 N–H and O–H groups in total. The first-order valence-corrected chi connectivity index (χ1v) is 5.82. The van der Waals surface area contributed by atoms with Gasteiger partial charge in [0.2, 0.25) is 5.95 Å². The summed E-state index contributed by atoms with van der Waals surface area (Å²) in [5.74, 6) is -0.450. The Kier molecular flexibility index (Phi) is 3.61. The first kappa shape index (κ1) is 14.9. The highest BCUT2D eigenvalue weighted by atomic mass is 35.5. The van der Waals surface area contributed by atoms with Gasteiger partial charge in [0.05, 0.1) is 16.3 Å². The molecule has 1 aromatic carbocycles. The molecule has 0 atom stereocenters. The number of nitriles is 1. The first-order valence-electron chi connectivity index (χ1n) is 5.44. The van der Waals surface area contributed by atoms with Crippen LogP contribution in [0.3, 0.4) is 0 Å². The largest absolute Gasteiger partial charge is 0.417 e. The van der Waals surface area contributed by atoms with E-state index in [2.05, 4.69) is 9.97 Å². The molecule has 2 aromatic rings. The standard InChI is InChI=1S/C12H7ClF3N5/c13-8-2-1-5(3-7(8)12(14,15)16)9-6(4-17)10(18)21-11(19)20-9/h1-3H,(H4,18,19,20,21). The number of halogens is 4. The van der Waals surface area contributed by atoms with E-state index in [-0.39, 0.29) is 28.6 Å².